The minimum atomic E-state index is -0.681. The zero-order valence-corrected chi connectivity index (χ0v) is 20.2. The summed E-state index contributed by atoms with van der Waals surface area (Å²) >= 11 is 0. The quantitative estimate of drug-likeness (QED) is 0.202. The second-order valence-electron chi connectivity index (χ2n) is 7.54. The topological polar surface area (TPSA) is 78.9 Å². The van der Waals surface area contributed by atoms with Crippen LogP contribution in [0.15, 0.2) is 86.0 Å². The highest BCUT2D eigenvalue weighted by Crippen LogP contribution is 2.37. The molecule has 0 atom stereocenters. The van der Waals surface area contributed by atoms with Crippen molar-refractivity contribution >= 4 is 23.5 Å². The number of carbonyl (C=O) groups is 3. The molecule has 0 fully saturated rings. The van der Waals surface area contributed by atoms with Crippen LogP contribution in [0.1, 0.15) is 50.7 Å². The Bertz CT molecular complexity index is 1130. The second-order valence-corrected chi connectivity index (χ2v) is 7.54. The van der Waals surface area contributed by atoms with Crippen LogP contribution in [-0.4, -0.2) is 17.9 Å². The Morgan fingerprint density at radius 1 is 0.686 bits per heavy atom. The van der Waals surface area contributed by atoms with Gasteiger partial charge in [0.05, 0.1) is 0 Å². The highest BCUT2D eigenvalue weighted by Gasteiger charge is 2.18. The van der Waals surface area contributed by atoms with E-state index in [0.29, 0.717) is 5.75 Å². The van der Waals surface area contributed by atoms with E-state index in [1.54, 1.807) is 24.3 Å². The number of allylic oxidation sites excluding steroid dienone is 1. The molecule has 35 heavy (non-hydrogen) atoms. The Labute approximate surface area is 206 Å². The molecule has 0 saturated carbocycles. The smallest absolute Gasteiger partial charge is 0.335 e. The molecular formula is C29H30O6. The average Bonchev–Trinajstić information content (AvgIpc) is 2.86. The summed E-state index contributed by atoms with van der Waals surface area (Å²) in [5, 5.41) is 0. The van der Waals surface area contributed by atoms with Crippen molar-refractivity contribution in [3.05, 3.63) is 97.1 Å². The first-order chi connectivity index (χ1) is 16.9. The molecule has 0 aliphatic carbocycles. The van der Waals surface area contributed by atoms with Crippen molar-refractivity contribution in [1.82, 2.24) is 0 Å². The first-order valence-corrected chi connectivity index (χ1v) is 11.4. The van der Waals surface area contributed by atoms with Crippen LogP contribution in [0.25, 0.3) is 5.57 Å². The molecule has 0 heterocycles. The van der Waals surface area contributed by atoms with E-state index < -0.39 is 17.9 Å². The van der Waals surface area contributed by atoms with Crippen molar-refractivity contribution in [3.8, 4) is 17.2 Å². The fourth-order valence-corrected chi connectivity index (χ4v) is 3.53. The van der Waals surface area contributed by atoms with Gasteiger partial charge < -0.3 is 14.2 Å². The van der Waals surface area contributed by atoms with Gasteiger partial charge in [-0.15, -0.1) is 0 Å². The van der Waals surface area contributed by atoms with Crippen LogP contribution in [0, 0.1) is 0 Å². The van der Waals surface area contributed by atoms with E-state index >= 15 is 0 Å². The van der Waals surface area contributed by atoms with E-state index in [0.717, 1.165) is 60.6 Å². The summed E-state index contributed by atoms with van der Waals surface area (Å²) in [5.74, 6) is -1.32. The molecule has 0 aromatic heterocycles. The van der Waals surface area contributed by atoms with E-state index in [4.69, 9.17) is 14.2 Å². The number of esters is 3. The van der Waals surface area contributed by atoms with E-state index in [9.17, 15) is 14.4 Å². The monoisotopic (exact) mass is 474 g/mol. The van der Waals surface area contributed by atoms with Gasteiger partial charge in [-0.3, -0.25) is 0 Å². The molecule has 0 saturated heterocycles. The lowest BCUT2D eigenvalue weighted by atomic mass is 9.88. The van der Waals surface area contributed by atoms with Crippen molar-refractivity contribution in [3.63, 3.8) is 0 Å². The van der Waals surface area contributed by atoms with Crippen LogP contribution in [-0.2, 0) is 14.4 Å². The summed E-state index contributed by atoms with van der Waals surface area (Å²) in [6, 6.07) is 12.2. The predicted molar refractivity (Wildman–Crippen MR) is 136 cm³/mol. The van der Waals surface area contributed by atoms with Crippen LogP contribution in [0.4, 0.5) is 0 Å². The minimum absolute atomic E-state index is 0.0870. The fourth-order valence-electron chi connectivity index (χ4n) is 3.53. The third kappa shape index (κ3) is 7.67. The summed E-state index contributed by atoms with van der Waals surface area (Å²) in [6.45, 7) is 14.5. The van der Waals surface area contributed by atoms with Crippen molar-refractivity contribution < 1.29 is 28.6 Å². The van der Waals surface area contributed by atoms with E-state index in [-0.39, 0.29) is 11.5 Å². The molecule has 0 spiro atoms. The Balaban J connectivity index is 2.67. The average molecular weight is 475 g/mol. The van der Waals surface area contributed by atoms with E-state index in [2.05, 4.69) is 33.6 Å². The van der Waals surface area contributed by atoms with Crippen LogP contribution >= 0.6 is 0 Å². The fraction of sp³-hybridized carbons (Fsp3) is 0.207. The van der Waals surface area contributed by atoms with Gasteiger partial charge in [-0.2, -0.15) is 0 Å². The van der Waals surface area contributed by atoms with Gasteiger partial charge in [-0.25, -0.2) is 14.4 Å². The molecule has 2 rings (SSSR count). The standard InChI is InChI=1S/C29H30O6/c1-6-11-20(12-7-2)29(21-13-16-23(17-14-21)33-26(30)8-3)22-15-18-24(34-27(31)9-4)25(19-22)35-28(32)10-5/h8-10,13-19H,3-7,11-12H2,1-2H3. The first kappa shape index (κ1) is 27.1. The first-order valence-electron chi connectivity index (χ1n) is 11.4. The lowest BCUT2D eigenvalue weighted by molar-refractivity contribution is -0.131. The molecule has 2 aromatic rings. The van der Waals surface area contributed by atoms with Gasteiger partial charge in [0, 0.05) is 18.2 Å². The summed E-state index contributed by atoms with van der Waals surface area (Å²) in [5.41, 5.74) is 3.87. The maximum Gasteiger partial charge on any atom is 0.335 e. The minimum Gasteiger partial charge on any atom is -0.423 e. The van der Waals surface area contributed by atoms with Crippen LogP contribution in [0.3, 0.4) is 0 Å². The molecule has 0 bridgehead atoms. The molecule has 0 unspecified atom stereocenters. The maximum atomic E-state index is 12.0. The van der Waals surface area contributed by atoms with E-state index in [1.165, 1.54) is 5.57 Å². The van der Waals surface area contributed by atoms with Gasteiger partial charge >= 0.3 is 17.9 Å². The normalized spacial score (nSPS) is 10.0. The second kappa shape index (κ2) is 13.5. The highest BCUT2D eigenvalue weighted by atomic mass is 16.6. The Morgan fingerprint density at radius 3 is 1.69 bits per heavy atom. The van der Waals surface area contributed by atoms with Gasteiger partial charge in [0.2, 0.25) is 0 Å². The number of hydrogen-bond acceptors (Lipinski definition) is 6. The molecule has 0 aliphatic rings. The largest absolute Gasteiger partial charge is 0.423 e. The zero-order chi connectivity index (χ0) is 25.8. The van der Waals surface area contributed by atoms with Crippen molar-refractivity contribution in [2.75, 3.05) is 0 Å². The van der Waals surface area contributed by atoms with Crippen molar-refractivity contribution in [2.45, 2.75) is 39.5 Å². The summed E-state index contributed by atoms with van der Waals surface area (Å²) in [6.07, 6.45) is 6.79. The Morgan fingerprint density at radius 2 is 1.17 bits per heavy atom. The molecule has 182 valence electrons. The Hall–Kier alpha value is -4.19. The molecule has 0 aliphatic heterocycles. The highest BCUT2D eigenvalue weighted by molar-refractivity contribution is 5.88. The Kier molecular flexibility index (Phi) is 10.4. The predicted octanol–water partition coefficient (Wildman–Crippen LogP) is 6.36. The van der Waals surface area contributed by atoms with Gasteiger partial charge in [-0.05, 0) is 53.8 Å². The maximum absolute atomic E-state index is 12.0. The summed E-state index contributed by atoms with van der Waals surface area (Å²) in [4.78, 5) is 35.3. The lowest BCUT2D eigenvalue weighted by Crippen LogP contribution is -2.09. The van der Waals surface area contributed by atoms with Crippen LogP contribution in [0.5, 0.6) is 17.2 Å². The van der Waals surface area contributed by atoms with Crippen molar-refractivity contribution in [2.24, 2.45) is 0 Å². The SMILES string of the molecule is C=CC(=O)Oc1ccc(C(=C(CCC)CCC)c2ccc(OC(=O)C=C)c(OC(=O)C=C)c2)cc1. The van der Waals surface area contributed by atoms with Gasteiger partial charge in [0.1, 0.15) is 5.75 Å². The third-order valence-electron chi connectivity index (χ3n) is 4.97. The van der Waals surface area contributed by atoms with Crippen molar-refractivity contribution in [1.29, 1.82) is 0 Å². The molecule has 2 aromatic carbocycles. The van der Waals surface area contributed by atoms with Gasteiger partial charge in [0.15, 0.2) is 11.5 Å². The lowest BCUT2D eigenvalue weighted by Gasteiger charge is -2.18. The number of hydrogen-bond donors (Lipinski definition) is 0. The molecule has 0 amide bonds. The molecule has 0 N–H and O–H groups in total. The summed E-state index contributed by atoms with van der Waals surface area (Å²) < 4.78 is 15.8. The third-order valence-corrected chi connectivity index (χ3v) is 4.97. The number of benzene rings is 2. The molecule has 0 radical (unpaired) electrons. The molecule has 6 nitrogen and oxygen atoms in total. The molecular weight excluding hydrogens is 444 g/mol. The molecule has 6 heteroatoms. The zero-order valence-electron chi connectivity index (χ0n) is 20.2. The van der Waals surface area contributed by atoms with Gasteiger partial charge in [-0.1, -0.05) is 70.2 Å². The number of rotatable bonds is 12. The van der Waals surface area contributed by atoms with E-state index in [1.807, 2.05) is 18.2 Å². The summed E-state index contributed by atoms with van der Waals surface area (Å²) in [7, 11) is 0. The number of carbonyl (C=O) groups excluding carboxylic acids is 3. The van der Waals surface area contributed by atoms with Crippen LogP contribution < -0.4 is 14.2 Å². The van der Waals surface area contributed by atoms with Crippen LogP contribution in [0.2, 0.25) is 0 Å². The van der Waals surface area contributed by atoms with Gasteiger partial charge in [0.25, 0.3) is 0 Å². The number of ether oxygens (including phenoxy) is 3.